The van der Waals surface area contributed by atoms with Gasteiger partial charge >= 0.3 is 0 Å². The topological polar surface area (TPSA) is 76.0 Å². The lowest BCUT2D eigenvalue weighted by molar-refractivity contribution is -0.105. The van der Waals surface area contributed by atoms with Crippen molar-refractivity contribution in [1.82, 2.24) is 0 Å². The van der Waals surface area contributed by atoms with Gasteiger partial charge in [-0.25, -0.2) is 0 Å². The van der Waals surface area contributed by atoms with Gasteiger partial charge in [0.2, 0.25) is 0 Å². The van der Waals surface area contributed by atoms with Crippen molar-refractivity contribution < 1.29 is 24.5 Å². The Morgan fingerprint density at radius 1 is 1.29 bits per heavy atom. The van der Waals surface area contributed by atoms with Gasteiger partial charge in [0.25, 0.3) is 0 Å². The van der Waals surface area contributed by atoms with Crippen LogP contribution in [-0.4, -0.2) is 22.1 Å². The number of rotatable bonds is 6. The molecule has 0 bridgehead atoms. The normalized spacial score (nSPS) is 20.8. The molecule has 0 spiro atoms. The van der Waals surface area contributed by atoms with Gasteiger partial charge in [-0.1, -0.05) is 19.1 Å². The second-order valence-electron chi connectivity index (χ2n) is 7.16. The Morgan fingerprint density at radius 3 is 2.43 bits per heavy atom. The summed E-state index contributed by atoms with van der Waals surface area (Å²) in [5, 5.41) is 19.6. The highest BCUT2D eigenvalue weighted by atomic mass is 16.5. The average Bonchev–Trinajstić information content (AvgIpc) is 2.65. The monoisotopic (exact) mass is 384 g/mol. The van der Waals surface area contributed by atoms with Gasteiger partial charge in [-0.3, -0.25) is 4.79 Å². The third-order valence-corrected chi connectivity index (χ3v) is 4.44. The van der Waals surface area contributed by atoms with Crippen LogP contribution in [0, 0.1) is 0 Å². The molecule has 1 unspecified atom stereocenters. The predicted molar refractivity (Wildman–Crippen MR) is 109 cm³/mol. The van der Waals surface area contributed by atoms with Crippen molar-refractivity contribution in [2.24, 2.45) is 0 Å². The van der Waals surface area contributed by atoms with Crippen LogP contribution in [0.15, 0.2) is 70.9 Å². The standard InChI is InChI=1S/C23H28O5/c1-6-20(16-8-10-17(26)11-9-16)27-22(19(14-24)15(3)25)18-12-13-23(4,5)28-21(18)7-2/h7-14,20,25-26H,6H2,1-5H3/b19-15+,21-7+,22-18+. The van der Waals surface area contributed by atoms with Crippen molar-refractivity contribution in [2.45, 2.75) is 52.7 Å². The minimum Gasteiger partial charge on any atom is -0.512 e. The third kappa shape index (κ3) is 4.85. The number of phenols is 1. The second kappa shape index (κ2) is 8.83. The van der Waals surface area contributed by atoms with Crippen molar-refractivity contribution in [2.75, 3.05) is 0 Å². The summed E-state index contributed by atoms with van der Waals surface area (Å²) in [6.07, 6.45) is 6.38. The molecule has 0 saturated carbocycles. The first-order valence-electron chi connectivity index (χ1n) is 9.32. The molecule has 0 aliphatic carbocycles. The lowest BCUT2D eigenvalue weighted by Gasteiger charge is -2.31. The summed E-state index contributed by atoms with van der Waals surface area (Å²) in [5.41, 5.74) is 1.02. The van der Waals surface area contributed by atoms with E-state index in [4.69, 9.17) is 9.47 Å². The highest BCUT2D eigenvalue weighted by molar-refractivity contribution is 5.81. The maximum atomic E-state index is 11.8. The highest BCUT2D eigenvalue weighted by Crippen LogP contribution is 2.36. The third-order valence-electron chi connectivity index (χ3n) is 4.44. The molecule has 0 amide bonds. The molecule has 5 nitrogen and oxygen atoms in total. The van der Waals surface area contributed by atoms with Crippen LogP contribution in [0.25, 0.3) is 0 Å². The van der Waals surface area contributed by atoms with Gasteiger partial charge in [-0.15, -0.1) is 0 Å². The van der Waals surface area contributed by atoms with Crippen LogP contribution in [0.5, 0.6) is 5.75 Å². The summed E-state index contributed by atoms with van der Waals surface area (Å²) in [4.78, 5) is 11.8. The fourth-order valence-electron chi connectivity index (χ4n) is 2.93. The molecule has 0 radical (unpaired) electrons. The van der Waals surface area contributed by atoms with Crippen LogP contribution in [-0.2, 0) is 14.3 Å². The molecule has 1 heterocycles. The quantitative estimate of drug-likeness (QED) is 0.389. The van der Waals surface area contributed by atoms with Gasteiger partial charge < -0.3 is 19.7 Å². The molecule has 2 rings (SSSR count). The Kier molecular flexibility index (Phi) is 6.73. The Balaban J connectivity index is 2.61. The lowest BCUT2D eigenvalue weighted by atomic mass is 9.98. The molecule has 5 heteroatoms. The van der Waals surface area contributed by atoms with Crippen LogP contribution in [0.4, 0.5) is 0 Å². The molecule has 1 aromatic rings. The van der Waals surface area contributed by atoms with Gasteiger partial charge in [0.05, 0.1) is 11.1 Å². The van der Waals surface area contributed by atoms with Crippen LogP contribution >= 0.6 is 0 Å². The Morgan fingerprint density at radius 2 is 1.93 bits per heavy atom. The number of benzene rings is 1. The first-order valence-corrected chi connectivity index (χ1v) is 9.32. The summed E-state index contributed by atoms with van der Waals surface area (Å²) in [6.45, 7) is 9.12. The first-order chi connectivity index (χ1) is 13.2. The van der Waals surface area contributed by atoms with Crippen molar-refractivity contribution in [3.8, 4) is 5.75 Å². The minimum atomic E-state index is -0.489. The molecule has 1 aromatic carbocycles. The Hall–Kier alpha value is -2.95. The van der Waals surface area contributed by atoms with Crippen LogP contribution < -0.4 is 0 Å². The van der Waals surface area contributed by atoms with E-state index in [1.54, 1.807) is 30.3 Å². The van der Waals surface area contributed by atoms with E-state index in [1.807, 2.05) is 39.8 Å². The zero-order valence-electron chi connectivity index (χ0n) is 17.0. The number of allylic oxidation sites excluding steroid dienone is 4. The van der Waals surface area contributed by atoms with Gasteiger partial charge in [0.15, 0.2) is 6.29 Å². The fourth-order valence-corrected chi connectivity index (χ4v) is 2.93. The van der Waals surface area contributed by atoms with Gasteiger partial charge in [-0.05, 0) is 70.0 Å². The van der Waals surface area contributed by atoms with E-state index in [0.29, 0.717) is 24.0 Å². The van der Waals surface area contributed by atoms with Gasteiger partial charge in [-0.2, -0.15) is 0 Å². The number of aliphatic hydroxyl groups excluding tert-OH is 1. The maximum Gasteiger partial charge on any atom is 0.157 e. The average molecular weight is 384 g/mol. The molecule has 1 aliphatic heterocycles. The molecule has 1 aliphatic rings. The second-order valence-corrected chi connectivity index (χ2v) is 7.16. The molecule has 28 heavy (non-hydrogen) atoms. The number of hydrogen-bond acceptors (Lipinski definition) is 5. The minimum absolute atomic E-state index is 0.0690. The summed E-state index contributed by atoms with van der Waals surface area (Å²) in [7, 11) is 0. The molecule has 1 atom stereocenters. The van der Waals surface area contributed by atoms with E-state index in [-0.39, 0.29) is 28.9 Å². The number of aliphatic hydroxyl groups is 1. The molecule has 0 aromatic heterocycles. The number of carbonyl (C=O) groups is 1. The summed E-state index contributed by atoms with van der Waals surface area (Å²) >= 11 is 0. The van der Waals surface area contributed by atoms with Crippen molar-refractivity contribution in [1.29, 1.82) is 0 Å². The zero-order chi connectivity index (χ0) is 20.9. The van der Waals surface area contributed by atoms with E-state index >= 15 is 0 Å². The number of aromatic hydroxyl groups is 1. The predicted octanol–water partition coefficient (Wildman–Crippen LogP) is 5.41. The lowest BCUT2D eigenvalue weighted by Crippen LogP contribution is -2.25. The molecule has 150 valence electrons. The van der Waals surface area contributed by atoms with Crippen LogP contribution in [0.2, 0.25) is 0 Å². The number of phenolic OH excluding ortho intramolecular Hbond substituents is 1. The van der Waals surface area contributed by atoms with E-state index in [0.717, 1.165) is 5.56 Å². The maximum absolute atomic E-state index is 11.8. The smallest absolute Gasteiger partial charge is 0.157 e. The van der Waals surface area contributed by atoms with Crippen molar-refractivity contribution in [3.63, 3.8) is 0 Å². The molecular weight excluding hydrogens is 356 g/mol. The van der Waals surface area contributed by atoms with Crippen molar-refractivity contribution >= 4 is 6.29 Å². The largest absolute Gasteiger partial charge is 0.512 e. The van der Waals surface area contributed by atoms with E-state index in [2.05, 4.69) is 0 Å². The number of ether oxygens (including phenoxy) is 2. The zero-order valence-corrected chi connectivity index (χ0v) is 17.0. The first kappa shape index (κ1) is 21.4. The summed E-state index contributed by atoms with van der Waals surface area (Å²) < 4.78 is 12.3. The molecule has 0 saturated heterocycles. The van der Waals surface area contributed by atoms with E-state index < -0.39 is 5.60 Å². The number of carbonyl (C=O) groups excluding carboxylic acids is 1. The molecule has 2 N–H and O–H groups in total. The number of hydrogen-bond donors (Lipinski definition) is 2. The highest BCUT2D eigenvalue weighted by Gasteiger charge is 2.29. The Labute approximate surface area is 166 Å². The van der Waals surface area contributed by atoms with Crippen LogP contribution in [0.3, 0.4) is 0 Å². The van der Waals surface area contributed by atoms with Gasteiger partial charge in [0, 0.05) is 0 Å². The Bertz CT molecular complexity index is 834. The fraction of sp³-hybridized carbons (Fsp3) is 0.348. The molecular formula is C23H28O5. The van der Waals surface area contributed by atoms with Crippen LogP contribution in [0.1, 0.15) is 52.7 Å². The summed E-state index contributed by atoms with van der Waals surface area (Å²) in [6, 6.07) is 6.72. The van der Waals surface area contributed by atoms with E-state index in [1.165, 1.54) is 6.92 Å². The SMILES string of the molecule is C/C=C1/OC(C)(C)C=C/C1=C(OC(CC)c1ccc(O)cc1)/C(C=O)=C(\C)O. The van der Waals surface area contributed by atoms with Crippen molar-refractivity contribution in [3.05, 3.63) is 76.5 Å². The summed E-state index contributed by atoms with van der Waals surface area (Å²) in [5.74, 6) is 0.865. The van der Waals surface area contributed by atoms with E-state index in [9.17, 15) is 15.0 Å². The molecule has 0 fully saturated rings. The van der Waals surface area contributed by atoms with Gasteiger partial charge in [0.1, 0.15) is 34.7 Å². The number of aldehydes is 1.